The predicted octanol–water partition coefficient (Wildman–Crippen LogP) is 7.99. The van der Waals surface area contributed by atoms with E-state index in [1.807, 2.05) is 55.6 Å². The molecule has 0 unspecified atom stereocenters. The molecule has 180 valence electrons. The Morgan fingerprint density at radius 1 is 1.09 bits per heavy atom. The minimum absolute atomic E-state index is 0.380. The predicted molar refractivity (Wildman–Crippen MR) is 144 cm³/mol. The number of hydrogen-bond donors (Lipinski definition) is 1. The Morgan fingerprint density at radius 2 is 1.77 bits per heavy atom. The minimum Gasteiger partial charge on any atom is -0.444 e. The summed E-state index contributed by atoms with van der Waals surface area (Å²) in [6.07, 6.45) is 4.36. The van der Waals surface area contributed by atoms with Crippen molar-refractivity contribution in [1.29, 1.82) is 0 Å². The minimum atomic E-state index is -0.535. The summed E-state index contributed by atoms with van der Waals surface area (Å²) in [5, 5.41) is 3.76. The second kappa shape index (κ2) is 8.99. The number of carbonyl (C=O) groups is 1. The number of halogens is 2. The Bertz CT molecular complexity index is 1390. The van der Waals surface area contributed by atoms with E-state index in [0.717, 1.165) is 57.5 Å². The van der Waals surface area contributed by atoms with Crippen molar-refractivity contribution in [2.45, 2.75) is 51.2 Å². The van der Waals surface area contributed by atoms with Gasteiger partial charge in [0.1, 0.15) is 5.60 Å². The molecule has 4 aromatic rings. The van der Waals surface area contributed by atoms with Gasteiger partial charge in [0.05, 0.1) is 26.4 Å². The zero-order valence-corrected chi connectivity index (χ0v) is 22.3. The van der Waals surface area contributed by atoms with Crippen LogP contribution in [0.3, 0.4) is 0 Å². The maximum atomic E-state index is 12.5. The Hall–Kier alpha value is -2.83. The molecule has 0 aliphatic heterocycles. The SMILES string of the molecule is CC(C)(C)OC(=O)NC1(c2ccc(-c3nc4c(Br)cc(Cl)cn4c3-c3ccccc3)cc2)CCC1. The van der Waals surface area contributed by atoms with Gasteiger partial charge in [-0.15, -0.1) is 0 Å². The quantitative estimate of drug-likeness (QED) is 0.279. The van der Waals surface area contributed by atoms with Gasteiger partial charge in [-0.2, -0.15) is 0 Å². The van der Waals surface area contributed by atoms with Crippen LogP contribution in [0.1, 0.15) is 45.6 Å². The molecule has 35 heavy (non-hydrogen) atoms. The highest BCUT2D eigenvalue weighted by Gasteiger charge is 2.41. The van der Waals surface area contributed by atoms with Crippen LogP contribution in [0.25, 0.3) is 28.2 Å². The fraction of sp³-hybridized carbons (Fsp3) is 0.286. The van der Waals surface area contributed by atoms with Gasteiger partial charge in [-0.1, -0.05) is 66.2 Å². The molecular formula is C28H27BrClN3O2. The fourth-order valence-electron chi connectivity index (χ4n) is 4.61. The number of nitrogens with one attached hydrogen (secondary N) is 1. The Kier molecular flexibility index (Phi) is 6.14. The third-order valence-electron chi connectivity index (χ3n) is 6.35. The van der Waals surface area contributed by atoms with Crippen LogP contribution < -0.4 is 5.32 Å². The molecule has 0 saturated heterocycles. The van der Waals surface area contributed by atoms with Crippen LogP contribution in [-0.2, 0) is 10.3 Å². The van der Waals surface area contributed by atoms with Crippen LogP contribution in [0.15, 0.2) is 71.3 Å². The summed E-state index contributed by atoms with van der Waals surface area (Å²) >= 11 is 10.0. The Morgan fingerprint density at radius 3 is 2.37 bits per heavy atom. The summed E-state index contributed by atoms with van der Waals surface area (Å²) in [5.41, 5.74) is 4.84. The highest BCUT2D eigenvalue weighted by Crippen LogP contribution is 2.43. The number of imidazole rings is 1. The highest BCUT2D eigenvalue weighted by molar-refractivity contribution is 9.10. The van der Waals surface area contributed by atoms with E-state index in [1.165, 1.54) is 0 Å². The van der Waals surface area contributed by atoms with E-state index in [9.17, 15) is 4.79 Å². The lowest BCUT2D eigenvalue weighted by atomic mass is 9.71. The molecule has 0 radical (unpaired) electrons. The van der Waals surface area contributed by atoms with E-state index in [4.69, 9.17) is 21.3 Å². The normalized spacial score (nSPS) is 15.0. The molecule has 2 heterocycles. The summed E-state index contributed by atoms with van der Waals surface area (Å²) in [6.45, 7) is 5.62. The maximum absolute atomic E-state index is 12.5. The first-order valence-electron chi connectivity index (χ1n) is 11.7. The lowest BCUT2D eigenvalue weighted by Gasteiger charge is -2.43. The zero-order valence-electron chi connectivity index (χ0n) is 19.9. The monoisotopic (exact) mass is 551 g/mol. The van der Waals surface area contributed by atoms with Crippen molar-refractivity contribution in [2.75, 3.05) is 0 Å². The number of alkyl carbamates (subject to hydrolysis) is 1. The van der Waals surface area contributed by atoms with Gasteiger partial charge in [-0.25, -0.2) is 9.78 Å². The van der Waals surface area contributed by atoms with Crippen molar-refractivity contribution < 1.29 is 9.53 Å². The van der Waals surface area contributed by atoms with Gasteiger partial charge in [0.2, 0.25) is 0 Å². The number of hydrogen-bond acceptors (Lipinski definition) is 3. The lowest BCUT2D eigenvalue weighted by Crippen LogP contribution is -2.52. The molecule has 1 saturated carbocycles. The first kappa shape index (κ1) is 23.9. The average Bonchev–Trinajstić information content (AvgIpc) is 3.15. The van der Waals surface area contributed by atoms with Gasteiger partial charge in [0.25, 0.3) is 0 Å². The number of amides is 1. The van der Waals surface area contributed by atoms with Crippen molar-refractivity contribution >= 4 is 39.3 Å². The van der Waals surface area contributed by atoms with Crippen molar-refractivity contribution in [3.8, 4) is 22.5 Å². The molecule has 2 aromatic carbocycles. The molecule has 1 fully saturated rings. The second-order valence-corrected chi connectivity index (χ2v) is 11.3. The topological polar surface area (TPSA) is 55.6 Å². The number of nitrogens with zero attached hydrogens (tertiary/aromatic N) is 2. The maximum Gasteiger partial charge on any atom is 0.408 e. The van der Waals surface area contributed by atoms with Crippen LogP contribution in [0.4, 0.5) is 4.79 Å². The Balaban J connectivity index is 1.54. The van der Waals surface area contributed by atoms with Gasteiger partial charge < -0.3 is 10.1 Å². The van der Waals surface area contributed by atoms with Crippen molar-refractivity contribution in [3.63, 3.8) is 0 Å². The van der Waals surface area contributed by atoms with Gasteiger partial charge in [-0.3, -0.25) is 4.40 Å². The molecule has 1 aliphatic rings. The van der Waals surface area contributed by atoms with E-state index >= 15 is 0 Å². The summed E-state index contributed by atoms with van der Waals surface area (Å²) in [5.74, 6) is 0. The van der Waals surface area contributed by atoms with Gasteiger partial charge in [0, 0.05) is 17.3 Å². The average molecular weight is 553 g/mol. The molecule has 7 heteroatoms. The summed E-state index contributed by atoms with van der Waals surface area (Å²) in [6, 6.07) is 20.4. The summed E-state index contributed by atoms with van der Waals surface area (Å²) in [7, 11) is 0. The number of fused-ring (bicyclic) bond motifs is 1. The molecule has 0 atom stereocenters. The van der Waals surface area contributed by atoms with E-state index in [2.05, 4.69) is 57.6 Å². The van der Waals surface area contributed by atoms with Crippen LogP contribution in [0.5, 0.6) is 0 Å². The van der Waals surface area contributed by atoms with E-state index in [0.29, 0.717) is 5.02 Å². The number of ether oxygens (including phenoxy) is 1. The number of pyridine rings is 1. The summed E-state index contributed by atoms with van der Waals surface area (Å²) < 4.78 is 8.39. The number of carbonyl (C=O) groups excluding carboxylic acids is 1. The van der Waals surface area contributed by atoms with Crippen molar-refractivity contribution in [3.05, 3.63) is 81.9 Å². The number of aromatic nitrogens is 2. The molecule has 1 N–H and O–H groups in total. The highest BCUT2D eigenvalue weighted by atomic mass is 79.9. The largest absolute Gasteiger partial charge is 0.444 e. The molecule has 1 amide bonds. The van der Waals surface area contributed by atoms with E-state index < -0.39 is 11.1 Å². The molecule has 5 nitrogen and oxygen atoms in total. The molecule has 0 spiro atoms. The molecule has 1 aliphatic carbocycles. The van der Waals surface area contributed by atoms with Crippen LogP contribution in [0.2, 0.25) is 5.02 Å². The molecule has 0 bridgehead atoms. The van der Waals surface area contributed by atoms with Crippen LogP contribution >= 0.6 is 27.5 Å². The van der Waals surface area contributed by atoms with E-state index in [1.54, 1.807) is 0 Å². The molecule has 5 rings (SSSR count). The first-order chi connectivity index (χ1) is 16.7. The zero-order chi connectivity index (χ0) is 24.8. The van der Waals surface area contributed by atoms with Gasteiger partial charge in [0.15, 0.2) is 5.65 Å². The van der Waals surface area contributed by atoms with Gasteiger partial charge in [-0.05, 0) is 67.6 Å². The molecule has 2 aromatic heterocycles. The standard InChI is InChI=1S/C28H27BrClN3O2/c1-27(2,3)35-26(34)32-28(14-7-15-28)20-12-10-18(11-13-20)23-24(19-8-5-4-6-9-19)33-17-21(30)16-22(29)25(33)31-23/h4-6,8-13,16-17H,7,14-15H2,1-3H3,(H,32,34). The molecular weight excluding hydrogens is 526 g/mol. The van der Waals surface area contributed by atoms with Crippen molar-refractivity contribution in [2.24, 2.45) is 0 Å². The fourth-order valence-corrected chi connectivity index (χ4v) is 5.47. The third-order valence-corrected chi connectivity index (χ3v) is 7.14. The van der Waals surface area contributed by atoms with Crippen LogP contribution in [-0.4, -0.2) is 21.1 Å². The lowest BCUT2D eigenvalue weighted by molar-refractivity contribution is 0.0377. The summed E-state index contributed by atoms with van der Waals surface area (Å²) in [4.78, 5) is 17.5. The Labute approximate surface area is 218 Å². The van der Waals surface area contributed by atoms with E-state index in [-0.39, 0.29) is 6.09 Å². The number of rotatable bonds is 4. The number of benzene rings is 2. The smallest absolute Gasteiger partial charge is 0.408 e. The first-order valence-corrected chi connectivity index (χ1v) is 12.9. The van der Waals surface area contributed by atoms with Crippen LogP contribution in [0, 0.1) is 0 Å². The van der Waals surface area contributed by atoms with Crippen molar-refractivity contribution in [1.82, 2.24) is 14.7 Å². The van der Waals surface area contributed by atoms with Gasteiger partial charge >= 0.3 is 6.09 Å². The third kappa shape index (κ3) is 4.69. The second-order valence-electron chi connectivity index (χ2n) is 10.0.